The summed E-state index contributed by atoms with van der Waals surface area (Å²) in [6, 6.07) is 6.82. The first-order valence-electron chi connectivity index (χ1n) is 19.8. The van der Waals surface area contributed by atoms with E-state index in [1.807, 2.05) is 0 Å². The quantitative estimate of drug-likeness (QED) is 0.0322. The third-order valence-corrected chi connectivity index (χ3v) is 8.94. The van der Waals surface area contributed by atoms with Crippen molar-refractivity contribution in [3.8, 4) is 11.5 Å². The van der Waals surface area contributed by atoms with Gasteiger partial charge in [-0.15, -0.1) is 6.58 Å². The second kappa shape index (κ2) is 26.9. The number of carbonyl (C=O) groups is 9. The minimum absolute atomic E-state index is 0.0136. The number of unbranched alkanes of at least 4 members (excludes halogenated alkanes) is 1. The van der Waals surface area contributed by atoms with Crippen LogP contribution in [0.4, 0.5) is 0 Å². The standard InChI is InChI=1S/C41H58N10O11/c1-24(2)7-16-34(55)50-33(20-44-25(3)52)41(62)51-32(19-27-10-14-29(54)15-11-27)40(61)47-23-37(58)48-30(6-4-5-17-42)39(60)46-21-35(56)45-22-36(57)49-31(38(43)59)18-26-8-12-28(53)13-9-26/h8-15,30-33,53-54H,1,4-7,16-23,42H2,2-3H3,(H2,43,59)(H,44,52)(H,45,56)(H,46,60)(H,47,61)(H,48,58)(H,49,57)(H,50,55)(H,51,62). The molecule has 0 aromatic heterocycles. The Morgan fingerprint density at radius 3 is 1.56 bits per heavy atom. The van der Waals surface area contributed by atoms with E-state index in [2.05, 4.69) is 49.1 Å². The van der Waals surface area contributed by atoms with Crippen molar-refractivity contribution in [1.82, 2.24) is 42.5 Å². The second-order valence-electron chi connectivity index (χ2n) is 14.5. The highest BCUT2D eigenvalue weighted by atomic mass is 16.3. The normalized spacial score (nSPS) is 12.5. The number of allylic oxidation sites excluding steroid dienone is 1. The number of phenols is 2. The van der Waals surface area contributed by atoms with E-state index in [0.29, 0.717) is 36.9 Å². The Kier molecular flexibility index (Phi) is 22.2. The third-order valence-electron chi connectivity index (χ3n) is 8.94. The third kappa shape index (κ3) is 20.8. The van der Waals surface area contributed by atoms with Gasteiger partial charge in [-0.05, 0) is 74.5 Å². The van der Waals surface area contributed by atoms with Gasteiger partial charge in [-0.25, -0.2) is 0 Å². The number of aromatic hydroxyl groups is 2. The van der Waals surface area contributed by atoms with E-state index in [-0.39, 0.29) is 43.7 Å². The molecule has 0 aliphatic carbocycles. The molecule has 0 saturated heterocycles. The summed E-state index contributed by atoms with van der Waals surface area (Å²) in [7, 11) is 0. The number of hydrogen-bond donors (Lipinski definition) is 12. The van der Waals surface area contributed by atoms with Gasteiger partial charge in [0.25, 0.3) is 0 Å². The molecule has 0 bridgehead atoms. The van der Waals surface area contributed by atoms with Crippen LogP contribution in [-0.2, 0) is 56.0 Å². The molecule has 2 aromatic rings. The van der Waals surface area contributed by atoms with Gasteiger partial charge in [-0.3, -0.25) is 43.2 Å². The van der Waals surface area contributed by atoms with Crippen molar-refractivity contribution in [3.63, 3.8) is 0 Å². The molecule has 9 amide bonds. The summed E-state index contributed by atoms with van der Waals surface area (Å²) in [5.74, 6) is -6.52. The average Bonchev–Trinajstić information content (AvgIpc) is 3.22. The van der Waals surface area contributed by atoms with Crippen LogP contribution in [0.3, 0.4) is 0 Å². The molecule has 0 spiro atoms. The van der Waals surface area contributed by atoms with E-state index >= 15 is 0 Å². The Balaban J connectivity index is 2.05. The zero-order valence-corrected chi connectivity index (χ0v) is 34.8. The molecule has 0 fully saturated rings. The zero-order valence-electron chi connectivity index (χ0n) is 34.8. The number of hydrogen-bond acceptors (Lipinski definition) is 12. The minimum Gasteiger partial charge on any atom is -0.508 e. The molecule has 4 atom stereocenters. The van der Waals surface area contributed by atoms with Gasteiger partial charge in [0.05, 0.1) is 19.6 Å². The lowest BCUT2D eigenvalue weighted by Gasteiger charge is -2.24. The number of nitrogens with two attached hydrogens (primary N) is 2. The van der Waals surface area contributed by atoms with E-state index in [4.69, 9.17) is 11.5 Å². The minimum atomic E-state index is -1.32. The van der Waals surface area contributed by atoms with Crippen LogP contribution in [0.15, 0.2) is 60.7 Å². The molecule has 2 rings (SSSR count). The topological polar surface area (TPSA) is 342 Å². The van der Waals surface area contributed by atoms with Crippen LogP contribution < -0.4 is 54.0 Å². The van der Waals surface area contributed by atoms with Gasteiger partial charge in [0.1, 0.15) is 35.7 Å². The SMILES string of the molecule is C=C(C)CCC(=O)NC(CNC(C)=O)C(=O)NC(Cc1ccc(O)cc1)C(=O)NCC(=O)NC(CCCCN)C(=O)NCC(=O)NCC(=O)NC(Cc1ccc(O)cc1)C(N)=O. The number of carbonyl (C=O) groups excluding carboxylic acids is 9. The molecule has 2 aromatic carbocycles. The first-order valence-corrected chi connectivity index (χ1v) is 19.8. The number of benzene rings is 2. The van der Waals surface area contributed by atoms with Crippen molar-refractivity contribution in [2.45, 2.75) is 83.0 Å². The fraction of sp³-hybridized carbons (Fsp3) is 0.439. The van der Waals surface area contributed by atoms with Crippen molar-refractivity contribution in [1.29, 1.82) is 0 Å². The summed E-state index contributed by atoms with van der Waals surface area (Å²) in [5.41, 5.74) is 12.9. The summed E-state index contributed by atoms with van der Waals surface area (Å²) >= 11 is 0. The molecule has 0 aliphatic rings. The molecule has 338 valence electrons. The summed E-state index contributed by atoms with van der Waals surface area (Å²) < 4.78 is 0. The van der Waals surface area contributed by atoms with E-state index in [9.17, 15) is 53.4 Å². The fourth-order valence-corrected chi connectivity index (χ4v) is 5.56. The second-order valence-corrected chi connectivity index (χ2v) is 14.5. The smallest absolute Gasteiger partial charge is 0.245 e. The lowest BCUT2D eigenvalue weighted by molar-refractivity contribution is -0.133. The maximum Gasteiger partial charge on any atom is 0.245 e. The van der Waals surface area contributed by atoms with E-state index in [1.54, 1.807) is 19.1 Å². The van der Waals surface area contributed by atoms with Crippen LogP contribution in [0.1, 0.15) is 57.1 Å². The summed E-state index contributed by atoms with van der Waals surface area (Å²) in [6.07, 6.45) is 1.30. The van der Waals surface area contributed by atoms with E-state index < -0.39 is 97.0 Å². The van der Waals surface area contributed by atoms with Gasteiger partial charge in [-0.1, -0.05) is 29.8 Å². The first-order chi connectivity index (χ1) is 29.4. The van der Waals surface area contributed by atoms with Crippen LogP contribution in [0.2, 0.25) is 0 Å². The molecule has 0 aliphatic heterocycles. The molecule has 14 N–H and O–H groups in total. The van der Waals surface area contributed by atoms with Crippen LogP contribution in [0, 0.1) is 0 Å². The molecule has 21 heteroatoms. The number of primary amides is 1. The predicted molar refractivity (Wildman–Crippen MR) is 225 cm³/mol. The van der Waals surface area contributed by atoms with Gasteiger partial charge >= 0.3 is 0 Å². The largest absolute Gasteiger partial charge is 0.508 e. The molecule has 62 heavy (non-hydrogen) atoms. The number of nitrogens with one attached hydrogen (secondary N) is 8. The number of amides is 9. The molecular formula is C41H58N10O11. The molecule has 21 nitrogen and oxygen atoms in total. The average molecular weight is 867 g/mol. The molecule has 0 radical (unpaired) electrons. The summed E-state index contributed by atoms with van der Waals surface area (Å²) in [5, 5.41) is 38.9. The Morgan fingerprint density at radius 2 is 1.05 bits per heavy atom. The van der Waals surface area contributed by atoms with Crippen molar-refractivity contribution in [2.24, 2.45) is 11.5 Å². The van der Waals surface area contributed by atoms with E-state index in [1.165, 1.54) is 43.3 Å². The van der Waals surface area contributed by atoms with Crippen molar-refractivity contribution in [2.75, 3.05) is 32.7 Å². The number of phenolic OH excluding ortho intramolecular Hbond substituents is 2. The molecular weight excluding hydrogens is 809 g/mol. The Morgan fingerprint density at radius 1 is 0.565 bits per heavy atom. The maximum absolute atomic E-state index is 13.5. The Bertz CT molecular complexity index is 1890. The van der Waals surface area contributed by atoms with Gasteiger partial charge in [0.15, 0.2) is 0 Å². The molecule has 0 saturated carbocycles. The van der Waals surface area contributed by atoms with Crippen molar-refractivity contribution < 1.29 is 53.4 Å². The molecule has 4 unspecified atom stereocenters. The summed E-state index contributed by atoms with van der Waals surface area (Å²) in [4.78, 5) is 114. The molecule has 0 heterocycles. The summed E-state index contributed by atoms with van der Waals surface area (Å²) in [6.45, 7) is 4.93. The van der Waals surface area contributed by atoms with E-state index in [0.717, 1.165) is 5.57 Å². The van der Waals surface area contributed by atoms with Crippen LogP contribution in [-0.4, -0.2) is 120 Å². The van der Waals surface area contributed by atoms with Gasteiger partial charge < -0.3 is 64.2 Å². The Hall–Kier alpha value is -7.03. The van der Waals surface area contributed by atoms with Crippen LogP contribution in [0.25, 0.3) is 0 Å². The predicted octanol–water partition coefficient (Wildman–Crippen LogP) is -2.72. The van der Waals surface area contributed by atoms with Gasteiger partial charge in [-0.2, -0.15) is 0 Å². The maximum atomic E-state index is 13.5. The van der Waals surface area contributed by atoms with Crippen molar-refractivity contribution in [3.05, 3.63) is 71.8 Å². The fourth-order valence-electron chi connectivity index (χ4n) is 5.56. The highest BCUT2D eigenvalue weighted by Gasteiger charge is 2.29. The van der Waals surface area contributed by atoms with Crippen LogP contribution in [0.5, 0.6) is 11.5 Å². The highest BCUT2D eigenvalue weighted by molar-refractivity contribution is 5.96. The lowest BCUT2D eigenvalue weighted by Crippen LogP contribution is -2.58. The highest BCUT2D eigenvalue weighted by Crippen LogP contribution is 2.13. The Labute approximate surface area is 359 Å². The van der Waals surface area contributed by atoms with Crippen LogP contribution >= 0.6 is 0 Å². The van der Waals surface area contributed by atoms with Gasteiger partial charge in [0, 0.05) is 32.7 Å². The number of rotatable bonds is 27. The zero-order chi connectivity index (χ0) is 46.2. The lowest BCUT2D eigenvalue weighted by atomic mass is 10.0. The first kappa shape index (κ1) is 51.1. The van der Waals surface area contributed by atoms with Gasteiger partial charge in [0.2, 0.25) is 53.2 Å². The van der Waals surface area contributed by atoms with Crippen molar-refractivity contribution >= 4 is 53.2 Å². The monoisotopic (exact) mass is 866 g/mol.